The molecule has 0 unspecified atom stereocenters. The molecule has 1 fully saturated rings. The average Bonchev–Trinajstić information content (AvgIpc) is 2.84. The highest BCUT2D eigenvalue weighted by molar-refractivity contribution is 5.55. The van der Waals surface area contributed by atoms with Crippen molar-refractivity contribution in [1.82, 2.24) is 4.98 Å². The van der Waals surface area contributed by atoms with Gasteiger partial charge in [-0.05, 0) is 49.6 Å². The molecule has 2 bridgehead atoms. The molecule has 3 heterocycles. The zero-order valence-corrected chi connectivity index (χ0v) is 11.9. The number of benzene rings is 1. The van der Waals surface area contributed by atoms with E-state index in [2.05, 4.69) is 22.0 Å². The van der Waals surface area contributed by atoms with E-state index < -0.39 is 0 Å². The van der Waals surface area contributed by atoms with Crippen LogP contribution < -0.4 is 9.64 Å². The zero-order valence-electron chi connectivity index (χ0n) is 11.9. The molecule has 21 heavy (non-hydrogen) atoms. The van der Waals surface area contributed by atoms with Crippen LogP contribution in [0.25, 0.3) is 0 Å². The molecule has 0 saturated carbocycles. The van der Waals surface area contributed by atoms with Gasteiger partial charge < -0.3 is 9.64 Å². The van der Waals surface area contributed by atoms with E-state index in [1.54, 1.807) is 13.3 Å². The molecule has 0 amide bonds. The minimum absolute atomic E-state index is 0.105. The summed E-state index contributed by atoms with van der Waals surface area (Å²) in [6.45, 7) is 0. The number of halogens is 1. The van der Waals surface area contributed by atoms with Crippen LogP contribution in [-0.4, -0.2) is 18.1 Å². The Morgan fingerprint density at radius 2 is 2.00 bits per heavy atom. The maximum Gasteiger partial charge on any atom is 0.129 e. The van der Waals surface area contributed by atoms with Gasteiger partial charge in [0.2, 0.25) is 0 Å². The van der Waals surface area contributed by atoms with E-state index >= 15 is 0 Å². The average molecular weight is 284 g/mol. The van der Waals surface area contributed by atoms with Gasteiger partial charge in [-0.1, -0.05) is 0 Å². The Bertz CT molecular complexity index is 671. The van der Waals surface area contributed by atoms with Crippen LogP contribution in [0.2, 0.25) is 0 Å². The van der Waals surface area contributed by atoms with E-state index in [0.717, 1.165) is 36.3 Å². The topological polar surface area (TPSA) is 25.4 Å². The summed E-state index contributed by atoms with van der Waals surface area (Å²) in [5, 5.41) is 0. The molecule has 2 aliphatic heterocycles. The first kappa shape index (κ1) is 12.6. The molecule has 108 valence electrons. The summed E-state index contributed by atoms with van der Waals surface area (Å²) >= 11 is 0. The number of ether oxygens (including phenoxy) is 1. The van der Waals surface area contributed by atoms with E-state index in [-0.39, 0.29) is 11.9 Å². The first-order valence-electron chi connectivity index (χ1n) is 7.33. The molecule has 4 heteroatoms. The molecule has 0 aliphatic carbocycles. The summed E-state index contributed by atoms with van der Waals surface area (Å²) in [6, 6.07) is 10.1. The number of nitrogens with zero attached hydrogens (tertiary/aromatic N) is 2. The monoisotopic (exact) mass is 284 g/mol. The molecule has 2 aliphatic rings. The minimum atomic E-state index is -0.105. The van der Waals surface area contributed by atoms with Crippen LogP contribution in [0.15, 0.2) is 36.5 Å². The fourth-order valence-electron chi connectivity index (χ4n) is 3.71. The van der Waals surface area contributed by atoms with Crippen molar-refractivity contribution >= 4 is 5.69 Å². The van der Waals surface area contributed by atoms with Gasteiger partial charge in [-0.2, -0.15) is 0 Å². The van der Waals surface area contributed by atoms with E-state index in [9.17, 15) is 4.39 Å². The van der Waals surface area contributed by atoms with Gasteiger partial charge in [-0.25, -0.2) is 4.39 Å². The van der Waals surface area contributed by atoms with Crippen LogP contribution in [0.3, 0.4) is 0 Å². The molecule has 2 aromatic rings. The Hall–Kier alpha value is -2.10. The van der Waals surface area contributed by atoms with Crippen molar-refractivity contribution in [2.45, 2.75) is 31.3 Å². The first-order valence-corrected chi connectivity index (χ1v) is 7.33. The van der Waals surface area contributed by atoms with Crippen molar-refractivity contribution in [3.05, 3.63) is 53.6 Å². The number of fused-ring (bicyclic) bond motifs is 4. The lowest BCUT2D eigenvalue weighted by molar-refractivity contribution is 0.414. The highest BCUT2D eigenvalue weighted by Gasteiger charge is 2.41. The summed E-state index contributed by atoms with van der Waals surface area (Å²) < 4.78 is 19.2. The third-order valence-corrected chi connectivity index (χ3v) is 4.66. The quantitative estimate of drug-likeness (QED) is 0.844. The standard InChI is InChI=1S/C17H17FN2O/c1-21-13-5-2-11(3-6-13)20-12-4-7-16(20)17-14(10-12)15(18)8-9-19-17/h2-3,5-6,8-9,12,16H,4,7,10H2,1H3/t12-,16+/m0/s1. The van der Waals surface area contributed by atoms with Gasteiger partial charge in [-0.15, -0.1) is 0 Å². The van der Waals surface area contributed by atoms with Gasteiger partial charge >= 0.3 is 0 Å². The summed E-state index contributed by atoms with van der Waals surface area (Å²) in [5.41, 5.74) is 2.90. The maximum atomic E-state index is 14.0. The number of pyridine rings is 1. The van der Waals surface area contributed by atoms with Gasteiger partial charge in [0.05, 0.1) is 18.8 Å². The number of rotatable bonds is 2. The SMILES string of the molecule is COc1ccc(N2[C@H]3CC[C@@H]2c2nccc(F)c2C3)cc1. The third-order valence-electron chi connectivity index (χ3n) is 4.66. The predicted molar refractivity (Wildman–Crippen MR) is 79.1 cm³/mol. The van der Waals surface area contributed by atoms with Gasteiger partial charge in [0.1, 0.15) is 11.6 Å². The normalized spacial score (nSPS) is 23.0. The fourth-order valence-corrected chi connectivity index (χ4v) is 3.71. The smallest absolute Gasteiger partial charge is 0.129 e. The molecule has 1 aromatic heterocycles. The Morgan fingerprint density at radius 3 is 2.76 bits per heavy atom. The summed E-state index contributed by atoms with van der Waals surface area (Å²) in [5.74, 6) is 0.749. The Labute approximate surface area is 123 Å². The molecule has 2 atom stereocenters. The molecular weight excluding hydrogens is 267 g/mol. The molecule has 3 nitrogen and oxygen atoms in total. The molecule has 0 radical (unpaired) electrons. The fraction of sp³-hybridized carbons (Fsp3) is 0.353. The van der Waals surface area contributed by atoms with Crippen LogP contribution in [0, 0.1) is 5.82 Å². The largest absolute Gasteiger partial charge is 0.497 e. The lowest BCUT2D eigenvalue weighted by atomic mass is 9.96. The van der Waals surface area contributed by atoms with E-state index in [4.69, 9.17) is 4.74 Å². The third kappa shape index (κ3) is 1.89. The molecule has 0 N–H and O–H groups in total. The molecule has 4 rings (SSSR count). The van der Waals surface area contributed by atoms with Crippen LogP contribution >= 0.6 is 0 Å². The lowest BCUT2D eigenvalue weighted by Gasteiger charge is -2.37. The van der Waals surface area contributed by atoms with Gasteiger partial charge in [-0.3, -0.25) is 4.98 Å². The van der Waals surface area contributed by atoms with Crippen LogP contribution in [0.4, 0.5) is 10.1 Å². The Balaban J connectivity index is 1.75. The van der Waals surface area contributed by atoms with Crippen LogP contribution in [0.1, 0.15) is 30.1 Å². The van der Waals surface area contributed by atoms with E-state index in [1.807, 2.05) is 12.1 Å². The number of hydrogen-bond acceptors (Lipinski definition) is 3. The lowest BCUT2D eigenvalue weighted by Crippen LogP contribution is -2.38. The minimum Gasteiger partial charge on any atom is -0.497 e. The first-order chi connectivity index (χ1) is 10.3. The number of methoxy groups -OCH3 is 1. The highest BCUT2D eigenvalue weighted by atomic mass is 19.1. The van der Waals surface area contributed by atoms with E-state index in [1.165, 1.54) is 11.8 Å². The van der Waals surface area contributed by atoms with Crippen molar-refractivity contribution < 1.29 is 9.13 Å². The summed E-state index contributed by atoms with van der Waals surface area (Å²) in [4.78, 5) is 6.86. The van der Waals surface area contributed by atoms with Crippen molar-refractivity contribution in [1.29, 1.82) is 0 Å². The van der Waals surface area contributed by atoms with Gasteiger partial charge in [0, 0.05) is 23.5 Å². The second kappa shape index (κ2) is 4.72. The molecule has 1 saturated heterocycles. The van der Waals surface area contributed by atoms with Gasteiger partial charge in [0.15, 0.2) is 0 Å². The Morgan fingerprint density at radius 1 is 1.19 bits per heavy atom. The van der Waals surface area contributed by atoms with Crippen molar-refractivity contribution in [3.63, 3.8) is 0 Å². The van der Waals surface area contributed by atoms with Crippen LogP contribution in [0.5, 0.6) is 5.75 Å². The summed E-state index contributed by atoms with van der Waals surface area (Å²) in [7, 11) is 1.67. The maximum absolute atomic E-state index is 14.0. The molecular formula is C17H17FN2O. The Kier molecular flexibility index (Phi) is 2.84. The number of aromatic nitrogens is 1. The molecule has 0 spiro atoms. The van der Waals surface area contributed by atoms with Crippen molar-refractivity contribution in [2.24, 2.45) is 0 Å². The number of hydrogen-bond donors (Lipinski definition) is 0. The number of anilines is 1. The second-order valence-electron chi connectivity index (χ2n) is 5.71. The van der Waals surface area contributed by atoms with Crippen molar-refractivity contribution in [2.75, 3.05) is 12.0 Å². The van der Waals surface area contributed by atoms with Crippen molar-refractivity contribution in [3.8, 4) is 5.75 Å². The zero-order chi connectivity index (χ0) is 14.4. The molecule has 1 aromatic carbocycles. The highest BCUT2D eigenvalue weighted by Crippen LogP contribution is 2.46. The predicted octanol–water partition coefficient (Wildman–Crippen LogP) is 3.50. The second-order valence-corrected chi connectivity index (χ2v) is 5.71. The van der Waals surface area contributed by atoms with Crippen LogP contribution in [-0.2, 0) is 6.42 Å². The summed E-state index contributed by atoms with van der Waals surface area (Å²) in [6.07, 6.45) is 4.46. The van der Waals surface area contributed by atoms with Gasteiger partial charge in [0.25, 0.3) is 0 Å². The van der Waals surface area contributed by atoms with E-state index in [0.29, 0.717) is 6.04 Å².